The zero-order chi connectivity index (χ0) is 27.9. The summed E-state index contributed by atoms with van der Waals surface area (Å²) in [5.74, 6) is -1.31. The van der Waals surface area contributed by atoms with Gasteiger partial charge in [0.1, 0.15) is 5.60 Å². The van der Waals surface area contributed by atoms with Crippen LogP contribution in [0.25, 0.3) is 0 Å². The summed E-state index contributed by atoms with van der Waals surface area (Å²) >= 11 is 0. The lowest BCUT2D eigenvalue weighted by Gasteiger charge is -2.52. The van der Waals surface area contributed by atoms with Crippen molar-refractivity contribution in [3.8, 4) is 0 Å². The second-order valence-electron chi connectivity index (χ2n) is 14.8. The van der Waals surface area contributed by atoms with E-state index in [9.17, 15) is 9.90 Å². The smallest absolute Gasteiger partial charge is 0.312 e. The lowest BCUT2D eigenvalue weighted by molar-refractivity contribution is -0.293. The van der Waals surface area contributed by atoms with E-state index >= 15 is 0 Å². The molecule has 0 aromatic rings. The number of hydrogen-bond acceptors (Lipinski definition) is 6. The van der Waals surface area contributed by atoms with Crippen LogP contribution in [-0.4, -0.2) is 59.4 Å². The highest BCUT2D eigenvalue weighted by molar-refractivity contribution is 6.74. The van der Waals surface area contributed by atoms with Gasteiger partial charge >= 0.3 is 5.97 Å². The Morgan fingerprint density at radius 3 is 2.06 bits per heavy atom. The van der Waals surface area contributed by atoms with E-state index in [0.717, 1.165) is 12.8 Å². The van der Waals surface area contributed by atoms with Crippen LogP contribution in [0.15, 0.2) is 12.2 Å². The maximum Gasteiger partial charge on any atom is 0.312 e. The summed E-state index contributed by atoms with van der Waals surface area (Å²) in [7, 11) is -2.12. The fraction of sp³-hybridized carbons (Fsp3) is 0.897. The predicted molar refractivity (Wildman–Crippen MR) is 149 cm³/mol. The Morgan fingerprint density at radius 1 is 1.06 bits per heavy atom. The predicted octanol–water partition coefficient (Wildman–Crippen LogP) is 6.63. The molecule has 0 amide bonds. The number of nitrogens with zero attached hydrogens (tertiary/aromatic N) is 1. The summed E-state index contributed by atoms with van der Waals surface area (Å²) in [6.07, 6.45) is 6.62. The van der Waals surface area contributed by atoms with Crippen LogP contribution >= 0.6 is 0 Å². The van der Waals surface area contributed by atoms with Crippen LogP contribution in [0, 0.1) is 11.8 Å². The molecule has 36 heavy (non-hydrogen) atoms. The van der Waals surface area contributed by atoms with Crippen LogP contribution in [0.1, 0.15) is 102 Å². The van der Waals surface area contributed by atoms with E-state index in [1.807, 2.05) is 39.8 Å². The molecule has 0 spiro atoms. The van der Waals surface area contributed by atoms with E-state index in [1.165, 1.54) is 6.42 Å². The molecule has 0 unspecified atom stereocenters. The largest absolute Gasteiger partial charge is 0.460 e. The first kappa shape index (κ1) is 31.5. The van der Waals surface area contributed by atoms with Crippen LogP contribution in [-0.2, 0) is 18.8 Å². The number of aliphatic hydroxyl groups excluding tert-OH is 1. The van der Waals surface area contributed by atoms with Gasteiger partial charge < -0.3 is 14.3 Å². The van der Waals surface area contributed by atoms with E-state index < -0.39 is 25.9 Å². The Bertz CT molecular complexity index is 776. The van der Waals surface area contributed by atoms with Crippen LogP contribution in [0.2, 0.25) is 18.1 Å². The topological polar surface area (TPSA) is 68.2 Å². The first-order chi connectivity index (χ1) is 16.1. The minimum Gasteiger partial charge on any atom is -0.460 e. The van der Waals surface area contributed by atoms with Crippen molar-refractivity contribution in [1.82, 2.24) is 5.06 Å². The van der Waals surface area contributed by atoms with Crippen molar-refractivity contribution < 1.29 is 23.9 Å². The molecule has 2 fully saturated rings. The molecule has 7 heteroatoms. The number of rotatable bonds is 7. The van der Waals surface area contributed by atoms with Gasteiger partial charge in [-0.1, -0.05) is 32.9 Å². The van der Waals surface area contributed by atoms with Crippen LogP contribution in [0.3, 0.4) is 0 Å². The third-order valence-corrected chi connectivity index (χ3v) is 12.7. The first-order valence-corrected chi connectivity index (χ1v) is 16.7. The molecule has 1 saturated heterocycles. The fourth-order valence-corrected chi connectivity index (χ4v) is 6.75. The summed E-state index contributed by atoms with van der Waals surface area (Å²) in [5.41, 5.74) is -0.730. The van der Waals surface area contributed by atoms with E-state index in [0.29, 0.717) is 6.42 Å². The van der Waals surface area contributed by atoms with Crippen molar-refractivity contribution in [1.29, 1.82) is 0 Å². The molecule has 2 aliphatic rings. The van der Waals surface area contributed by atoms with Gasteiger partial charge in [-0.2, -0.15) is 5.06 Å². The van der Waals surface area contributed by atoms with Gasteiger partial charge in [-0.15, -0.1) is 0 Å². The van der Waals surface area contributed by atoms with Crippen molar-refractivity contribution in [2.24, 2.45) is 11.8 Å². The maximum atomic E-state index is 13.2. The van der Waals surface area contributed by atoms with Crippen molar-refractivity contribution in [2.75, 3.05) is 0 Å². The highest BCUT2D eigenvalue weighted by atomic mass is 28.4. The molecule has 210 valence electrons. The normalized spacial score (nSPS) is 30.5. The second-order valence-corrected chi connectivity index (χ2v) is 19.6. The van der Waals surface area contributed by atoms with Gasteiger partial charge in [-0.3, -0.25) is 9.63 Å². The van der Waals surface area contributed by atoms with Gasteiger partial charge in [0, 0.05) is 17.0 Å². The molecule has 6 nitrogen and oxygen atoms in total. The number of piperidine rings is 1. The quantitative estimate of drug-likeness (QED) is 0.228. The van der Waals surface area contributed by atoms with Gasteiger partial charge in [-0.25, -0.2) is 0 Å². The number of hydroxylamine groups is 2. The minimum absolute atomic E-state index is 0.0258. The molecule has 1 N–H and O–H groups in total. The van der Waals surface area contributed by atoms with Crippen molar-refractivity contribution >= 4 is 14.3 Å². The first-order valence-electron chi connectivity index (χ1n) is 13.8. The standard InChI is InChI=1S/C29H55NO5Si/c1-20(34-30-28(8,9)17-14-18-29(30,10)11)15-16-21-23(35-36(12,13)27(5,6)7)19-22(31)24(21)25(32)33-26(2,3)4/h15-16,20-24,31H,14,17-19H2,1-13H3/b16-15+/t20-,21-,22+,23+,24+/m1/s1. The Balaban J connectivity index is 2.31. The molecule has 1 aliphatic heterocycles. The molecule has 2 rings (SSSR count). The van der Waals surface area contributed by atoms with Crippen LogP contribution in [0.5, 0.6) is 0 Å². The van der Waals surface area contributed by atoms with Crippen molar-refractivity contribution in [2.45, 2.75) is 155 Å². The molecule has 0 radical (unpaired) electrons. The fourth-order valence-electron chi connectivity index (χ4n) is 5.39. The SMILES string of the molecule is C[C@H](/C=C/[C@H]1[C@H](C(=O)OC(C)(C)C)[C@@H](O)C[C@@H]1O[Si](C)(C)C(C)(C)C)ON1C(C)(C)CCCC1(C)C. The lowest BCUT2D eigenvalue weighted by Crippen LogP contribution is -2.59. The molecule has 1 saturated carbocycles. The highest BCUT2D eigenvalue weighted by Crippen LogP contribution is 2.44. The van der Waals surface area contributed by atoms with Crippen molar-refractivity contribution in [3.63, 3.8) is 0 Å². The average Bonchev–Trinajstić information content (AvgIpc) is 2.94. The number of esters is 1. The summed E-state index contributed by atoms with van der Waals surface area (Å²) in [4.78, 5) is 19.7. The van der Waals surface area contributed by atoms with Crippen LogP contribution < -0.4 is 0 Å². The number of hydrogen-bond donors (Lipinski definition) is 1. The third-order valence-electron chi connectivity index (χ3n) is 8.22. The van der Waals surface area contributed by atoms with E-state index in [4.69, 9.17) is 14.0 Å². The molecule has 5 atom stereocenters. The van der Waals surface area contributed by atoms with Crippen LogP contribution in [0.4, 0.5) is 0 Å². The average molecular weight is 526 g/mol. The third kappa shape index (κ3) is 7.65. The van der Waals surface area contributed by atoms with E-state index in [1.54, 1.807) is 0 Å². The number of carbonyl (C=O) groups excluding carboxylic acids is 1. The monoisotopic (exact) mass is 525 g/mol. The molecular formula is C29H55NO5Si. The second kappa shape index (κ2) is 10.8. The minimum atomic E-state index is -2.12. The summed E-state index contributed by atoms with van der Waals surface area (Å²) in [6, 6.07) is 0. The maximum absolute atomic E-state index is 13.2. The Kier molecular flexibility index (Phi) is 9.44. The summed E-state index contributed by atoms with van der Waals surface area (Å²) in [6.45, 7) is 27.6. The summed E-state index contributed by atoms with van der Waals surface area (Å²) in [5, 5.41) is 13.2. The highest BCUT2D eigenvalue weighted by Gasteiger charge is 2.51. The van der Waals surface area contributed by atoms with Gasteiger partial charge in [0.05, 0.1) is 24.2 Å². The summed E-state index contributed by atoms with van der Waals surface area (Å²) < 4.78 is 12.5. The van der Waals surface area contributed by atoms with Gasteiger partial charge in [-0.05, 0) is 99.2 Å². The molecule has 0 aromatic heterocycles. The Hall–Kier alpha value is -0.733. The van der Waals surface area contributed by atoms with Gasteiger partial charge in [0.15, 0.2) is 8.32 Å². The molecule has 1 aliphatic carbocycles. The number of ether oxygens (including phenoxy) is 1. The van der Waals surface area contributed by atoms with Gasteiger partial charge in [0.25, 0.3) is 0 Å². The van der Waals surface area contributed by atoms with Crippen molar-refractivity contribution in [3.05, 3.63) is 12.2 Å². The molecule has 0 aromatic carbocycles. The Morgan fingerprint density at radius 2 is 1.58 bits per heavy atom. The lowest BCUT2D eigenvalue weighted by atomic mass is 9.82. The van der Waals surface area contributed by atoms with E-state index in [2.05, 4.69) is 66.6 Å². The Labute approximate surface area is 222 Å². The zero-order valence-electron chi connectivity index (χ0n) is 25.4. The molecular weight excluding hydrogens is 470 g/mol. The van der Waals surface area contributed by atoms with Gasteiger partial charge in [0.2, 0.25) is 0 Å². The molecule has 0 bridgehead atoms. The zero-order valence-corrected chi connectivity index (χ0v) is 26.4. The number of aliphatic hydroxyl groups is 1. The molecule has 1 heterocycles. The number of carbonyl (C=O) groups is 1. The van der Waals surface area contributed by atoms with E-state index in [-0.39, 0.29) is 40.2 Å².